The first-order valence-electron chi connectivity index (χ1n) is 11.9. The second-order valence-electron chi connectivity index (χ2n) is 8.40. The Morgan fingerprint density at radius 2 is 1.34 bits per heavy atom. The van der Waals surface area contributed by atoms with Crippen LogP contribution in [0.15, 0.2) is 36.7 Å². The van der Waals surface area contributed by atoms with E-state index in [1.807, 2.05) is 0 Å². The molecular formula is C26H38N2S. The average Bonchev–Trinajstić information content (AvgIpc) is 3.30. The van der Waals surface area contributed by atoms with E-state index in [0.29, 0.717) is 0 Å². The van der Waals surface area contributed by atoms with Gasteiger partial charge in [0.1, 0.15) is 0 Å². The van der Waals surface area contributed by atoms with E-state index in [4.69, 9.17) is 4.98 Å². The number of thiazole rings is 1. The number of rotatable bonds is 14. The van der Waals surface area contributed by atoms with Crippen LogP contribution in [0.2, 0.25) is 0 Å². The minimum atomic E-state index is 1.11. The minimum Gasteiger partial charge on any atom is -0.297 e. The highest BCUT2D eigenvalue weighted by Crippen LogP contribution is 2.29. The molecule has 1 aromatic carbocycles. The summed E-state index contributed by atoms with van der Waals surface area (Å²) in [5.74, 6) is 0. The topological polar surface area (TPSA) is 17.3 Å². The van der Waals surface area contributed by atoms with Crippen molar-refractivity contribution in [1.29, 1.82) is 0 Å². The molecule has 0 aliphatic heterocycles. The maximum Gasteiger partial charge on any atom is 0.194 e. The molecule has 0 aliphatic carbocycles. The van der Waals surface area contributed by atoms with Crippen LogP contribution < -0.4 is 0 Å². The Balaban J connectivity index is 1.48. The van der Waals surface area contributed by atoms with Gasteiger partial charge < -0.3 is 0 Å². The number of hydrogen-bond donors (Lipinski definition) is 0. The van der Waals surface area contributed by atoms with Crippen molar-refractivity contribution in [2.75, 3.05) is 0 Å². The fourth-order valence-corrected chi connectivity index (χ4v) is 4.94. The van der Waals surface area contributed by atoms with Crippen molar-refractivity contribution < 1.29 is 0 Å². The van der Waals surface area contributed by atoms with Crippen LogP contribution in [0.4, 0.5) is 0 Å². The van der Waals surface area contributed by atoms with Crippen LogP contribution in [-0.4, -0.2) is 9.38 Å². The van der Waals surface area contributed by atoms with Gasteiger partial charge in [0.05, 0.1) is 10.6 Å². The van der Waals surface area contributed by atoms with Crippen molar-refractivity contribution in [2.45, 2.75) is 97.3 Å². The molecule has 158 valence electrons. The van der Waals surface area contributed by atoms with Gasteiger partial charge in [-0.05, 0) is 36.8 Å². The van der Waals surface area contributed by atoms with E-state index in [0.717, 1.165) is 11.4 Å². The predicted octanol–water partition coefficient (Wildman–Crippen LogP) is 8.48. The summed E-state index contributed by atoms with van der Waals surface area (Å²) in [6.07, 6.45) is 21.6. The van der Waals surface area contributed by atoms with E-state index < -0.39 is 0 Å². The third-order valence-electron chi connectivity index (χ3n) is 5.80. The highest BCUT2D eigenvalue weighted by molar-refractivity contribution is 7.20. The van der Waals surface area contributed by atoms with Crippen LogP contribution in [0.5, 0.6) is 0 Å². The van der Waals surface area contributed by atoms with Crippen LogP contribution in [0.25, 0.3) is 15.4 Å². The highest BCUT2D eigenvalue weighted by atomic mass is 32.1. The van der Waals surface area contributed by atoms with E-state index >= 15 is 0 Å². The van der Waals surface area contributed by atoms with Gasteiger partial charge in [-0.1, -0.05) is 107 Å². The highest BCUT2D eigenvalue weighted by Gasteiger charge is 2.08. The number of aromatic nitrogens is 2. The summed E-state index contributed by atoms with van der Waals surface area (Å²) in [6.45, 7) is 4.55. The first kappa shape index (κ1) is 22.1. The third-order valence-corrected chi connectivity index (χ3v) is 6.85. The normalized spacial score (nSPS) is 11.5. The number of unbranched alkanes of at least 4 members (excludes halogenated alkanes) is 9. The molecule has 0 atom stereocenters. The molecule has 2 heterocycles. The molecule has 29 heavy (non-hydrogen) atoms. The zero-order valence-electron chi connectivity index (χ0n) is 18.5. The Labute approximate surface area is 181 Å². The van der Waals surface area contributed by atoms with Gasteiger partial charge in [-0.15, -0.1) is 0 Å². The lowest BCUT2D eigenvalue weighted by Gasteiger charge is -2.03. The lowest BCUT2D eigenvalue weighted by molar-refractivity contribution is 0.605. The average molecular weight is 411 g/mol. The van der Waals surface area contributed by atoms with Crippen LogP contribution >= 0.6 is 11.3 Å². The van der Waals surface area contributed by atoms with Gasteiger partial charge >= 0.3 is 0 Å². The van der Waals surface area contributed by atoms with E-state index in [9.17, 15) is 0 Å². The fraction of sp³-hybridized carbons (Fsp3) is 0.577. The molecule has 2 aromatic heterocycles. The molecular weight excluding hydrogens is 372 g/mol. The molecule has 3 aromatic rings. The standard InChI is InChI=1S/C26H38N2S/c1-3-5-7-9-11-13-15-24-20-28-21-25(29-26(28)27-24)23-18-16-22(17-19-23)14-12-10-8-6-4-2/h16-21H,3-15H2,1-2H3. The van der Waals surface area contributed by atoms with Gasteiger partial charge in [0, 0.05) is 12.4 Å². The van der Waals surface area contributed by atoms with Gasteiger partial charge in [0.15, 0.2) is 4.96 Å². The van der Waals surface area contributed by atoms with Crippen molar-refractivity contribution >= 4 is 16.3 Å². The van der Waals surface area contributed by atoms with Crippen LogP contribution in [-0.2, 0) is 12.8 Å². The van der Waals surface area contributed by atoms with Crippen molar-refractivity contribution in [3.63, 3.8) is 0 Å². The van der Waals surface area contributed by atoms with Crippen molar-refractivity contribution in [2.24, 2.45) is 0 Å². The number of fused-ring (bicyclic) bond motifs is 1. The summed E-state index contributed by atoms with van der Waals surface area (Å²) in [5.41, 5.74) is 4.03. The van der Waals surface area contributed by atoms with Gasteiger partial charge in [-0.3, -0.25) is 4.40 Å². The molecule has 0 saturated carbocycles. The van der Waals surface area contributed by atoms with Gasteiger partial charge in [0.25, 0.3) is 0 Å². The summed E-state index contributed by atoms with van der Waals surface area (Å²) >= 11 is 1.81. The molecule has 0 fully saturated rings. The monoisotopic (exact) mass is 410 g/mol. The molecule has 3 rings (SSSR count). The molecule has 0 unspecified atom stereocenters. The molecule has 0 spiro atoms. The Morgan fingerprint density at radius 3 is 2.00 bits per heavy atom. The second-order valence-corrected chi connectivity index (χ2v) is 9.41. The summed E-state index contributed by atoms with van der Waals surface area (Å²) in [5, 5.41) is 0. The molecule has 0 N–H and O–H groups in total. The van der Waals surface area contributed by atoms with Crippen molar-refractivity contribution in [3.8, 4) is 10.4 Å². The first-order valence-corrected chi connectivity index (χ1v) is 12.7. The Kier molecular flexibility index (Phi) is 9.27. The smallest absolute Gasteiger partial charge is 0.194 e. The SMILES string of the molecule is CCCCCCCCc1cn2cc(-c3ccc(CCCCCCC)cc3)sc2n1. The second kappa shape index (κ2) is 12.2. The molecule has 0 radical (unpaired) electrons. The van der Waals surface area contributed by atoms with Gasteiger partial charge in [-0.25, -0.2) is 4.98 Å². The van der Waals surface area contributed by atoms with Crippen LogP contribution in [0, 0.1) is 0 Å². The molecule has 2 nitrogen and oxygen atoms in total. The Morgan fingerprint density at radius 1 is 0.724 bits per heavy atom. The van der Waals surface area contributed by atoms with Crippen molar-refractivity contribution in [1.82, 2.24) is 9.38 Å². The lowest BCUT2D eigenvalue weighted by atomic mass is 10.0. The first-order chi connectivity index (χ1) is 14.3. The van der Waals surface area contributed by atoms with E-state index in [2.05, 4.69) is 54.9 Å². The number of hydrogen-bond acceptors (Lipinski definition) is 2. The van der Waals surface area contributed by atoms with Gasteiger partial charge in [-0.2, -0.15) is 0 Å². The Bertz CT molecular complexity index is 797. The zero-order valence-corrected chi connectivity index (χ0v) is 19.3. The largest absolute Gasteiger partial charge is 0.297 e. The lowest BCUT2D eigenvalue weighted by Crippen LogP contribution is -1.87. The number of aryl methyl sites for hydroxylation is 2. The summed E-state index contributed by atoms with van der Waals surface area (Å²) in [7, 11) is 0. The van der Waals surface area contributed by atoms with Crippen LogP contribution in [0.3, 0.4) is 0 Å². The summed E-state index contributed by atoms with van der Waals surface area (Å²) < 4.78 is 2.22. The zero-order chi connectivity index (χ0) is 20.3. The van der Waals surface area contributed by atoms with Crippen molar-refractivity contribution in [3.05, 3.63) is 47.9 Å². The predicted molar refractivity (Wildman–Crippen MR) is 128 cm³/mol. The number of benzene rings is 1. The fourth-order valence-electron chi connectivity index (χ4n) is 3.95. The quantitative estimate of drug-likeness (QED) is 0.244. The third kappa shape index (κ3) is 6.99. The van der Waals surface area contributed by atoms with E-state index in [1.165, 1.54) is 98.7 Å². The summed E-state index contributed by atoms with van der Waals surface area (Å²) in [4.78, 5) is 7.30. The molecule has 3 heteroatoms. The van der Waals surface area contributed by atoms with E-state index in [1.54, 1.807) is 11.3 Å². The Hall–Kier alpha value is -1.61. The van der Waals surface area contributed by atoms with E-state index in [-0.39, 0.29) is 0 Å². The maximum absolute atomic E-state index is 4.86. The van der Waals surface area contributed by atoms with Gasteiger partial charge in [0.2, 0.25) is 0 Å². The molecule has 0 amide bonds. The molecule has 0 aliphatic rings. The number of imidazole rings is 1. The van der Waals surface area contributed by atoms with Crippen LogP contribution in [0.1, 0.15) is 95.7 Å². The maximum atomic E-state index is 4.86. The summed E-state index contributed by atoms with van der Waals surface area (Å²) in [6, 6.07) is 9.18. The number of nitrogens with zero attached hydrogens (tertiary/aromatic N) is 2. The minimum absolute atomic E-state index is 1.11. The molecule has 0 bridgehead atoms. The molecule has 0 saturated heterocycles.